The van der Waals surface area contributed by atoms with Crippen molar-refractivity contribution in [3.8, 4) is 0 Å². The Hall–Kier alpha value is -2.62. The van der Waals surface area contributed by atoms with Crippen LogP contribution in [0.25, 0.3) is 0 Å². The lowest BCUT2D eigenvalue weighted by atomic mass is 9.87. The molecule has 23 heavy (non-hydrogen) atoms. The van der Waals surface area contributed by atoms with Gasteiger partial charge in [0.2, 0.25) is 5.91 Å². The van der Waals surface area contributed by atoms with Crippen LogP contribution in [0.4, 0.5) is 0 Å². The van der Waals surface area contributed by atoms with Gasteiger partial charge in [-0.2, -0.15) is 0 Å². The summed E-state index contributed by atoms with van der Waals surface area (Å²) in [6.07, 6.45) is 0. The smallest absolute Gasteiger partial charge is 0.335 e. The third-order valence-electron chi connectivity index (χ3n) is 3.78. The molecule has 0 aliphatic rings. The molecule has 0 heterocycles. The molecule has 2 N–H and O–H groups in total. The van der Waals surface area contributed by atoms with Gasteiger partial charge in [-0.3, -0.25) is 4.79 Å². The number of nitrogens with one attached hydrogen (secondary N) is 1. The van der Waals surface area contributed by atoms with E-state index in [1.807, 2.05) is 44.2 Å². The zero-order valence-electron chi connectivity index (χ0n) is 13.3. The van der Waals surface area contributed by atoms with Gasteiger partial charge in [-0.1, -0.05) is 56.3 Å². The average Bonchev–Trinajstić information content (AvgIpc) is 2.54. The van der Waals surface area contributed by atoms with Crippen LogP contribution in [-0.4, -0.2) is 17.0 Å². The molecule has 2 rings (SSSR count). The van der Waals surface area contributed by atoms with Gasteiger partial charge in [0, 0.05) is 6.54 Å². The molecule has 0 aliphatic heterocycles. The molecule has 2 aromatic rings. The van der Waals surface area contributed by atoms with E-state index in [1.165, 1.54) is 0 Å². The second kappa shape index (κ2) is 7.58. The Kier molecular flexibility index (Phi) is 5.52. The fourth-order valence-corrected chi connectivity index (χ4v) is 2.56. The monoisotopic (exact) mass is 311 g/mol. The number of carbonyl (C=O) groups is 2. The number of amides is 1. The van der Waals surface area contributed by atoms with Crippen LogP contribution in [0, 0.1) is 5.92 Å². The van der Waals surface area contributed by atoms with E-state index in [1.54, 1.807) is 24.3 Å². The van der Waals surface area contributed by atoms with Crippen molar-refractivity contribution < 1.29 is 14.7 Å². The summed E-state index contributed by atoms with van der Waals surface area (Å²) in [7, 11) is 0. The SMILES string of the molecule is CC(C)C(C(=O)NCc1ccc(C(=O)O)cc1)c1ccccc1. The van der Waals surface area contributed by atoms with Gasteiger partial charge in [-0.25, -0.2) is 4.79 Å². The van der Waals surface area contributed by atoms with Gasteiger partial charge < -0.3 is 10.4 Å². The zero-order valence-corrected chi connectivity index (χ0v) is 13.3. The van der Waals surface area contributed by atoms with Crippen LogP contribution in [0.15, 0.2) is 54.6 Å². The van der Waals surface area contributed by atoms with Crippen molar-refractivity contribution >= 4 is 11.9 Å². The van der Waals surface area contributed by atoms with E-state index in [9.17, 15) is 9.59 Å². The molecular formula is C19H21NO3. The van der Waals surface area contributed by atoms with Crippen molar-refractivity contribution in [2.75, 3.05) is 0 Å². The summed E-state index contributed by atoms with van der Waals surface area (Å²) in [5.74, 6) is -0.987. The Balaban J connectivity index is 2.03. The molecule has 0 saturated carbocycles. The molecule has 0 bridgehead atoms. The Morgan fingerprint density at radius 3 is 2.13 bits per heavy atom. The maximum Gasteiger partial charge on any atom is 0.335 e. The minimum atomic E-state index is -0.954. The summed E-state index contributed by atoms with van der Waals surface area (Å²) in [6.45, 7) is 4.44. The second-order valence-electron chi connectivity index (χ2n) is 5.85. The van der Waals surface area contributed by atoms with Crippen LogP contribution in [0.2, 0.25) is 0 Å². The minimum absolute atomic E-state index is 0.0199. The highest BCUT2D eigenvalue weighted by Gasteiger charge is 2.23. The van der Waals surface area contributed by atoms with Crippen LogP contribution in [-0.2, 0) is 11.3 Å². The molecule has 4 nitrogen and oxygen atoms in total. The highest BCUT2D eigenvalue weighted by Crippen LogP contribution is 2.24. The highest BCUT2D eigenvalue weighted by molar-refractivity contribution is 5.87. The summed E-state index contributed by atoms with van der Waals surface area (Å²) in [5.41, 5.74) is 2.12. The average molecular weight is 311 g/mol. The van der Waals surface area contributed by atoms with Crippen molar-refractivity contribution in [1.29, 1.82) is 0 Å². The van der Waals surface area contributed by atoms with E-state index >= 15 is 0 Å². The van der Waals surface area contributed by atoms with E-state index in [0.717, 1.165) is 11.1 Å². The molecule has 0 spiro atoms. The van der Waals surface area contributed by atoms with Gasteiger partial charge in [0.25, 0.3) is 0 Å². The molecule has 0 aromatic heterocycles. The molecule has 0 radical (unpaired) electrons. The van der Waals surface area contributed by atoms with Gasteiger partial charge in [-0.05, 0) is 29.2 Å². The Morgan fingerprint density at radius 2 is 1.61 bits per heavy atom. The third-order valence-corrected chi connectivity index (χ3v) is 3.78. The molecule has 4 heteroatoms. The van der Waals surface area contributed by atoms with Crippen molar-refractivity contribution in [3.05, 3.63) is 71.3 Å². The van der Waals surface area contributed by atoms with E-state index in [4.69, 9.17) is 5.11 Å². The molecule has 2 aromatic carbocycles. The van der Waals surface area contributed by atoms with Gasteiger partial charge in [-0.15, -0.1) is 0 Å². The first-order valence-corrected chi connectivity index (χ1v) is 7.64. The maximum absolute atomic E-state index is 12.5. The number of aromatic carboxylic acids is 1. The molecule has 0 saturated heterocycles. The normalized spacial score (nSPS) is 12.0. The number of hydrogen-bond acceptors (Lipinski definition) is 2. The van der Waals surface area contributed by atoms with Crippen molar-refractivity contribution in [1.82, 2.24) is 5.32 Å². The van der Waals surface area contributed by atoms with Gasteiger partial charge in [0.1, 0.15) is 0 Å². The largest absolute Gasteiger partial charge is 0.478 e. The van der Waals surface area contributed by atoms with Crippen molar-refractivity contribution in [2.45, 2.75) is 26.3 Å². The topological polar surface area (TPSA) is 66.4 Å². The number of hydrogen-bond donors (Lipinski definition) is 2. The minimum Gasteiger partial charge on any atom is -0.478 e. The number of carbonyl (C=O) groups excluding carboxylic acids is 1. The zero-order chi connectivity index (χ0) is 16.8. The molecular weight excluding hydrogens is 290 g/mol. The number of carboxylic acid groups (broad SMARTS) is 1. The first-order valence-electron chi connectivity index (χ1n) is 7.64. The summed E-state index contributed by atoms with van der Waals surface area (Å²) < 4.78 is 0. The fourth-order valence-electron chi connectivity index (χ4n) is 2.56. The number of benzene rings is 2. The number of rotatable bonds is 6. The lowest BCUT2D eigenvalue weighted by molar-refractivity contribution is -0.123. The molecule has 0 aliphatic carbocycles. The fraction of sp³-hybridized carbons (Fsp3) is 0.263. The molecule has 1 atom stereocenters. The van der Waals surface area contributed by atoms with Gasteiger partial charge in [0.05, 0.1) is 11.5 Å². The molecule has 1 unspecified atom stereocenters. The van der Waals surface area contributed by atoms with Gasteiger partial charge in [0.15, 0.2) is 0 Å². The standard InChI is InChI=1S/C19H21NO3/c1-13(2)17(15-6-4-3-5-7-15)18(21)20-12-14-8-10-16(11-9-14)19(22)23/h3-11,13,17H,12H2,1-2H3,(H,20,21)(H,22,23). The summed E-state index contributed by atoms with van der Waals surface area (Å²) in [5, 5.41) is 11.8. The summed E-state index contributed by atoms with van der Waals surface area (Å²) >= 11 is 0. The van der Waals surface area contributed by atoms with E-state index in [0.29, 0.717) is 6.54 Å². The summed E-state index contributed by atoms with van der Waals surface area (Å²) in [6, 6.07) is 16.3. The quantitative estimate of drug-likeness (QED) is 0.859. The van der Waals surface area contributed by atoms with E-state index in [-0.39, 0.29) is 23.3 Å². The van der Waals surface area contributed by atoms with Crippen LogP contribution in [0.5, 0.6) is 0 Å². The van der Waals surface area contributed by atoms with E-state index in [2.05, 4.69) is 5.32 Å². The molecule has 120 valence electrons. The predicted molar refractivity (Wildman–Crippen MR) is 89.3 cm³/mol. The first-order chi connectivity index (χ1) is 11.0. The molecule has 0 fully saturated rings. The highest BCUT2D eigenvalue weighted by atomic mass is 16.4. The van der Waals surface area contributed by atoms with Crippen molar-refractivity contribution in [2.24, 2.45) is 5.92 Å². The van der Waals surface area contributed by atoms with Crippen LogP contribution >= 0.6 is 0 Å². The lowest BCUT2D eigenvalue weighted by Crippen LogP contribution is -2.31. The lowest BCUT2D eigenvalue weighted by Gasteiger charge is -2.20. The summed E-state index contributed by atoms with van der Waals surface area (Å²) in [4.78, 5) is 23.4. The Morgan fingerprint density at radius 1 is 1.00 bits per heavy atom. The third kappa shape index (κ3) is 4.42. The maximum atomic E-state index is 12.5. The second-order valence-corrected chi connectivity index (χ2v) is 5.85. The predicted octanol–water partition coefficient (Wildman–Crippen LogP) is 3.44. The Labute approximate surface area is 136 Å². The first kappa shape index (κ1) is 16.7. The van der Waals surface area contributed by atoms with Crippen molar-refractivity contribution in [3.63, 3.8) is 0 Å². The van der Waals surface area contributed by atoms with Gasteiger partial charge >= 0.3 is 5.97 Å². The van der Waals surface area contributed by atoms with Crippen LogP contribution < -0.4 is 5.32 Å². The number of carboxylic acids is 1. The molecule has 1 amide bonds. The van der Waals surface area contributed by atoms with Crippen LogP contribution in [0.3, 0.4) is 0 Å². The Bertz CT molecular complexity index is 663. The van der Waals surface area contributed by atoms with Crippen LogP contribution in [0.1, 0.15) is 41.3 Å². The van der Waals surface area contributed by atoms with E-state index < -0.39 is 5.97 Å².